The van der Waals surface area contributed by atoms with Gasteiger partial charge in [-0.15, -0.1) is 0 Å². The lowest BCUT2D eigenvalue weighted by molar-refractivity contribution is 0.632. The van der Waals surface area contributed by atoms with Gasteiger partial charge in [0.15, 0.2) is 0 Å². The Balaban J connectivity index is 1.24. The van der Waals surface area contributed by atoms with Crippen LogP contribution >= 0.6 is 0 Å². The summed E-state index contributed by atoms with van der Waals surface area (Å²) in [6.45, 7) is 0. The molecule has 5 heterocycles. The fourth-order valence-corrected chi connectivity index (χ4v) is 12.6. The van der Waals surface area contributed by atoms with Gasteiger partial charge >= 0.3 is 0 Å². The molecule has 0 saturated carbocycles. The van der Waals surface area contributed by atoms with Crippen molar-refractivity contribution in [1.29, 1.82) is 0 Å². The van der Waals surface area contributed by atoms with Crippen LogP contribution in [-0.2, 0) is 21.7 Å². The van der Waals surface area contributed by atoms with Gasteiger partial charge in [0.2, 0.25) is 0 Å². The summed E-state index contributed by atoms with van der Waals surface area (Å²) in [7, 11) is 0. The van der Waals surface area contributed by atoms with E-state index in [4.69, 9.17) is 0 Å². The number of benzene rings is 8. The van der Waals surface area contributed by atoms with E-state index in [-0.39, 0.29) is 0 Å². The highest BCUT2D eigenvalue weighted by Gasteiger charge is 2.50. The number of aromatic nitrogens is 4. The Hall–Kier alpha value is -9.12. The van der Waals surface area contributed by atoms with Gasteiger partial charge in [0.1, 0.15) is 21.7 Å². The molecule has 13 rings (SSSR count). The van der Waals surface area contributed by atoms with E-state index < -0.39 is 21.7 Å². The highest BCUT2D eigenvalue weighted by Crippen LogP contribution is 2.53. The maximum atomic E-state index is 4.29. The summed E-state index contributed by atoms with van der Waals surface area (Å²) in [4.78, 5) is 17.2. The standard InChI is InChI=1S/C68H52N4/c1-9-25-49(26-10-1)65(50-27-11-2-12-28-50)57-41-43-59(69-57)66(51-29-13-3-14-30-51,52-31-15-4-16-32-52)61-45-47-63(71-61)68(55-37-21-7-22-38-55,56-39-23-8-24-40-56)64-48-46-62(72-64)67(53-33-17-5-18-34-53,54-35-19-6-20-36-54)60-44-42-58(65)70-60/h1-48,69-72H. The van der Waals surface area contributed by atoms with Gasteiger partial charge in [-0.25, -0.2) is 0 Å². The lowest BCUT2D eigenvalue weighted by Gasteiger charge is -2.38. The van der Waals surface area contributed by atoms with Crippen molar-refractivity contribution in [3.8, 4) is 0 Å². The maximum absolute atomic E-state index is 4.29. The van der Waals surface area contributed by atoms with E-state index in [1.165, 1.54) is 0 Å². The van der Waals surface area contributed by atoms with Gasteiger partial charge in [-0.05, 0) is 93.0 Å². The molecule has 0 spiro atoms. The van der Waals surface area contributed by atoms with Crippen molar-refractivity contribution in [3.05, 3.63) is 381 Å². The molecule has 12 aromatic rings. The van der Waals surface area contributed by atoms with Crippen molar-refractivity contribution < 1.29 is 0 Å². The highest BCUT2D eigenvalue weighted by atomic mass is 14.9. The van der Waals surface area contributed by atoms with E-state index in [1.807, 2.05) is 0 Å². The van der Waals surface area contributed by atoms with Crippen molar-refractivity contribution in [2.24, 2.45) is 0 Å². The molecular formula is C68H52N4. The average Bonchev–Trinajstić information content (AvgIpc) is 4.34. The van der Waals surface area contributed by atoms with Gasteiger partial charge in [0, 0.05) is 45.6 Å². The van der Waals surface area contributed by atoms with Crippen LogP contribution in [0.3, 0.4) is 0 Å². The van der Waals surface area contributed by atoms with Gasteiger partial charge in [0.25, 0.3) is 0 Å². The van der Waals surface area contributed by atoms with Crippen LogP contribution < -0.4 is 0 Å². The van der Waals surface area contributed by atoms with Crippen LogP contribution in [0.5, 0.6) is 0 Å². The quantitative estimate of drug-likeness (QED) is 0.117. The van der Waals surface area contributed by atoms with Crippen LogP contribution in [-0.4, -0.2) is 19.9 Å². The molecular weight excluding hydrogens is 873 g/mol. The minimum atomic E-state index is -0.841. The number of rotatable bonds is 8. The van der Waals surface area contributed by atoms with Crippen LogP contribution in [0.2, 0.25) is 0 Å². The van der Waals surface area contributed by atoms with Gasteiger partial charge in [0.05, 0.1) is 0 Å². The van der Waals surface area contributed by atoms with Crippen LogP contribution in [0, 0.1) is 0 Å². The molecule has 0 aliphatic carbocycles. The van der Waals surface area contributed by atoms with E-state index in [2.05, 4.69) is 311 Å². The first-order valence-electron chi connectivity index (χ1n) is 24.9. The molecule has 344 valence electrons. The third kappa shape index (κ3) is 6.25. The first kappa shape index (κ1) is 42.9. The molecule has 1 aliphatic rings. The zero-order valence-electron chi connectivity index (χ0n) is 39.7. The molecule has 4 nitrogen and oxygen atoms in total. The van der Waals surface area contributed by atoms with Crippen LogP contribution in [0.15, 0.2) is 291 Å². The van der Waals surface area contributed by atoms with E-state index in [0.717, 1.165) is 90.1 Å². The van der Waals surface area contributed by atoms with Crippen molar-refractivity contribution >= 4 is 0 Å². The van der Waals surface area contributed by atoms with E-state index >= 15 is 0 Å². The monoisotopic (exact) mass is 924 g/mol. The Morgan fingerprint density at radius 1 is 0.139 bits per heavy atom. The number of nitrogens with one attached hydrogen (secondary N) is 4. The summed E-state index contributed by atoms with van der Waals surface area (Å²) in [6, 6.07) is 107. The Bertz CT molecular complexity index is 2980. The Morgan fingerprint density at radius 3 is 0.361 bits per heavy atom. The third-order valence-electron chi connectivity index (χ3n) is 15.6. The van der Waals surface area contributed by atoms with Crippen molar-refractivity contribution in [1.82, 2.24) is 19.9 Å². The van der Waals surface area contributed by atoms with Crippen LogP contribution in [0.1, 0.15) is 90.1 Å². The minimum Gasteiger partial charge on any atom is -0.360 e. The van der Waals surface area contributed by atoms with Gasteiger partial charge in [-0.2, -0.15) is 0 Å². The second kappa shape index (κ2) is 17.4. The first-order chi connectivity index (χ1) is 35.7. The Kier molecular flexibility index (Phi) is 10.4. The topological polar surface area (TPSA) is 63.2 Å². The van der Waals surface area contributed by atoms with Crippen molar-refractivity contribution in [2.45, 2.75) is 21.7 Å². The van der Waals surface area contributed by atoms with Gasteiger partial charge in [-0.1, -0.05) is 243 Å². The average molecular weight is 925 g/mol. The molecule has 8 aromatic carbocycles. The molecule has 0 saturated heterocycles. The van der Waals surface area contributed by atoms with Crippen LogP contribution in [0.4, 0.5) is 0 Å². The van der Waals surface area contributed by atoms with Crippen molar-refractivity contribution in [3.63, 3.8) is 0 Å². The zero-order valence-corrected chi connectivity index (χ0v) is 39.7. The zero-order chi connectivity index (χ0) is 48.0. The summed E-state index contributed by atoms with van der Waals surface area (Å²) >= 11 is 0. The second-order valence-electron chi connectivity index (χ2n) is 19.1. The highest BCUT2D eigenvalue weighted by molar-refractivity contribution is 5.66. The summed E-state index contributed by atoms with van der Waals surface area (Å²) in [5, 5.41) is 0. The predicted molar refractivity (Wildman–Crippen MR) is 291 cm³/mol. The molecule has 0 radical (unpaired) electrons. The molecule has 0 atom stereocenters. The van der Waals surface area contributed by atoms with E-state index in [9.17, 15) is 0 Å². The number of H-pyrrole nitrogens is 4. The van der Waals surface area contributed by atoms with Crippen molar-refractivity contribution in [2.75, 3.05) is 0 Å². The van der Waals surface area contributed by atoms with Crippen LogP contribution in [0.25, 0.3) is 0 Å². The molecule has 8 bridgehead atoms. The molecule has 4 heteroatoms. The minimum absolute atomic E-state index is 0.841. The molecule has 0 fully saturated rings. The molecule has 0 unspecified atom stereocenters. The SMILES string of the molecule is c1ccc(C2(c3ccccc3)c3ccc([nH]3)C(c3ccccc3)(c3ccccc3)c3ccc([nH]3)C(c3ccccc3)(c3ccccc3)c3ccc([nH]3)C(c3ccccc3)(c3ccccc3)c3ccc2[nH]3)cc1. The number of fused-ring (bicyclic) bond motifs is 8. The summed E-state index contributed by atoms with van der Waals surface area (Å²) < 4.78 is 0. The summed E-state index contributed by atoms with van der Waals surface area (Å²) in [5.74, 6) is 0. The summed E-state index contributed by atoms with van der Waals surface area (Å²) in [6.07, 6.45) is 0. The molecule has 4 N–H and O–H groups in total. The number of aromatic amines is 4. The van der Waals surface area contributed by atoms with E-state index in [0.29, 0.717) is 0 Å². The second-order valence-corrected chi connectivity index (χ2v) is 19.1. The molecule has 4 aromatic heterocycles. The lowest BCUT2D eigenvalue weighted by atomic mass is 9.69. The summed E-state index contributed by atoms with van der Waals surface area (Å²) in [5.41, 5.74) is 14.0. The predicted octanol–water partition coefficient (Wildman–Crippen LogP) is 14.8. The fourth-order valence-electron chi connectivity index (χ4n) is 12.6. The fraction of sp³-hybridized carbons (Fsp3) is 0.0588. The molecule has 72 heavy (non-hydrogen) atoms. The van der Waals surface area contributed by atoms with E-state index in [1.54, 1.807) is 0 Å². The number of hydrogen-bond acceptors (Lipinski definition) is 0. The maximum Gasteiger partial charge on any atom is 0.100 e. The Morgan fingerprint density at radius 2 is 0.250 bits per heavy atom. The largest absolute Gasteiger partial charge is 0.360 e. The third-order valence-corrected chi connectivity index (χ3v) is 15.6. The molecule has 0 amide bonds. The van der Waals surface area contributed by atoms with Gasteiger partial charge in [-0.3, -0.25) is 0 Å². The smallest absolute Gasteiger partial charge is 0.100 e. The first-order valence-corrected chi connectivity index (χ1v) is 24.9. The Labute approximate surface area is 420 Å². The molecule has 1 aliphatic heterocycles. The lowest BCUT2D eigenvalue weighted by Crippen LogP contribution is -2.36. The normalized spacial score (nSPS) is 15.1. The van der Waals surface area contributed by atoms with Gasteiger partial charge < -0.3 is 19.9 Å². The number of hydrogen-bond donors (Lipinski definition) is 4.